The summed E-state index contributed by atoms with van der Waals surface area (Å²) in [5.41, 5.74) is -0.533. The highest BCUT2D eigenvalue weighted by molar-refractivity contribution is 5.79. The molecule has 286 valence electrons. The van der Waals surface area contributed by atoms with Crippen LogP contribution in [-0.4, -0.2) is 99.3 Å². The van der Waals surface area contributed by atoms with Gasteiger partial charge in [0.05, 0.1) is 25.9 Å². The van der Waals surface area contributed by atoms with E-state index in [9.17, 15) is 14.4 Å². The van der Waals surface area contributed by atoms with Crippen molar-refractivity contribution >= 4 is 17.9 Å². The van der Waals surface area contributed by atoms with E-state index >= 15 is 0 Å². The average molecular weight is 706 g/mol. The second-order valence-corrected chi connectivity index (χ2v) is 15.9. The first-order valence-corrected chi connectivity index (χ1v) is 18.3. The maximum absolute atomic E-state index is 13.9. The van der Waals surface area contributed by atoms with Crippen molar-refractivity contribution in [3.05, 3.63) is 23.8 Å². The molecule has 0 bridgehead atoms. The molecule has 1 aromatic carbocycles. The van der Waals surface area contributed by atoms with Crippen LogP contribution < -0.4 is 14.8 Å². The second-order valence-electron chi connectivity index (χ2n) is 15.9. The summed E-state index contributed by atoms with van der Waals surface area (Å²) >= 11 is 0. The van der Waals surface area contributed by atoms with Crippen LogP contribution in [0.2, 0.25) is 0 Å². The molecule has 50 heavy (non-hydrogen) atoms. The average Bonchev–Trinajstić information content (AvgIpc) is 3.27. The van der Waals surface area contributed by atoms with Gasteiger partial charge >= 0.3 is 6.09 Å². The van der Waals surface area contributed by atoms with Crippen molar-refractivity contribution < 1.29 is 38.1 Å². The Balaban J connectivity index is 2.40. The Morgan fingerprint density at radius 1 is 0.980 bits per heavy atom. The van der Waals surface area contributed by atoms with Crippen LogP contribution in [0.5, 0.6) is 11.5 Å². The number of nitrogens with zero attached hydrogens (tertiary/aromatic N) is 2. The van der Waals surface area contributed by atoms with Crippen molar-refractivity contribution in [2.75, 3.05) is 48.1 Å². The number of carbonyl (C=O) groups excluding carboxylic acids is 3. The number of ether oxygens (including phenoxy) is 5. The van der Waals surface area contributed by atoms with Crippen LogP contribution in [-0.2, 0) is 30.2 Å². The van der Waals surface area contributed by atoms with Crippen LogP contribution in [0.25, 0.3) is 0 Å². The largest absolute Gasteiger partial charge is 0.493 e. The van der Waals surface area contributed by atoms with Crippen molar-refractivity contribution in [1.82, 2.24) is 15.1 Å². The van der Waals surface area contributed by atoms with E-state index in [0.29, 0.717) is 56.9 Å². The smallest absolute Gasteiger partial charge is 0.412 e. The van der Waals surface area contributed by atoms with Crippen LogP contribution in [0.3, 0.4) is 0 Å². The number of hydrogen-bond donors (Lipinski definition) is 1. The zero-order valence-electron chi connectivity index (χ0n) is 33.2. The molecule has 1 N–H and O–H groups in total. The van der Waals surface area contributed by atoms with Crippen LogP contribution in [0.15, 0.2) is 18.2 Å². The van der Waals surface area contributed by atoms with Gasteiger partial charge in [-0.25, -0.2) is 4.79 Å². The Morgan fingerprint density at radius 3 is 2.22 bits per heavy atom. The third-order valence-electron chi connectivity index (χ3n) is 9.33. The molecule has 11 heteroatoms. The zero-order chi connectivity index (χ0) is 37.8. The van der Waals surface area contributed by atoms with Gasteiger partial charge in [-0.3, -0.25) is 14.5 Å². The molecule has 11 nitrogen and oxygen atoms in total. The first-order valence-electron chi connectivity index (χ1n) is 18.3. The van der Waals surface area contributed by atoms with E-state index in [0.717, 1.165) is 18.4 Å². The highest BCUT2D eigenvalue weighted by Crippen LogP contribution is 2.41. The lowest BCUT2D eigenvalue weighted by Crippen LogP contribution is -2.51. The van der Waals surface area contributed by atoms with Gasteiger partial charge in [-0.05, 0) is 95.8 Å². The van der Waals surface area contributed by atoms with Gasteiger partial charge in [0, 0.05) is 53.1 Å². The Bertz CT molecular complexity index is 1230. The molecule has 0 aromatic heterocycles. The van der Waals surface area contributed by atoms with Gasteiger partial charge in [0.25, 0.3) is 0 Å². The third-order valence-corrected chi connectivity index (χ3v) is 9.33. The molecule has 0 spiro atoms. The minimum absolute atomic E-state index is 0.0313. The summed E-state index contributed by atoms with van der Waals surface area (Å²) in [6.45, 7) is 19.4. The molecule has 4 atom stereocenters. The van der Waals surface area contributed by atoms with Crippen molar-refractivity contribution in [3.63, 3.8) is 0 Å². The van der Waals surface area contributed by atoms with Crippen LogP contribution in [0, 0.1) is 23.7 Å². The highest BCUT2D eigenvalue weighted by Gasteiger charge is 2.52. The number of rotatable bonds is 19. The van der Waals surface area contributed by atoms with Gasteiger partial charge in [0.2, 0.25) is 11.8 Å². The lowest BCUT2D eigenvalue weighted by Gasteiger charge is -2.37. The first kappa shape index (κ1) is 43.1. The van der Waals surface area contributed by atoms with Crippen LogP contribution in [0.1, 0.15) is 100.0 Å². The second kappa shape index (κ2) is 19.5. The molecule has 1 aromatic rings. The summed E-state index contributed by atoms with van der Waals surface area (Å²) in [5.74, 6) is 1.47. The van der Waals surface area contributed by atoms with E-state index in [2.05, 4.69) is 25.2 Å². The van der Waals surface area contributed by atoms with Crippen molar-refractivity contribution in [1.29, 1.82) is 0 Å². The first-order chi connectivity index (χ1) is 23.3. The molecule has 2 rings (SSSR count). The fraction of sp³-hybridized carbons (Fsp3) is 0.769. The summed E-state index contributed by atoms with van der Waals surface area (Å²) in [7, 11) is 6.77. The lowest BCUT2D eigenvalue weighted by atomic mass is 9.80. The van der Waals surface area contributed by atoms with E-state index in [4.69, 9.17) is 23.7 Å². The van der Waals surface area contributed by atoms with E-state index in [1.807, 2.05) is 60.6 Å². The van der Waals surface area contributed by atoms with Gasteiger partial charge in [-0.15, -0.1) is 0 Å². The summed E-state index contributed by atoms with van der Waals surface area (Å²) < 4.78 is 29.5. The van der Waals surface area contributed by atoms with Crippen molar-refractivity contribution in [2.24, 2.45) is 23.7 Å². The topological polar surface area (TPSA) is 116 Å². The predicted molar refractivity (Wildman–Crippen MR) is 196 cm³/mol. The van der Waals surface area contributed by atoms with E-state index < -0.39 is 23.5 Å². The van der Waals surface area contributed by atoms with Crippen LogP contribution >= 0.6 is 0 Å². The number of amides is 3. The van der Waals surface area contributed by atoms with E-state index in [1.165, 1.54) is 0 Å². The number of benzene rings is 1. The van der Waals surface area contributed by atoms with Crippen LogP contribution in [0.4, 0.5) is 4.79 Å². The number of carbonyl (C=O) groups is 3. The standard InChI is InChI=1S/C39H67N3O8/c1-26(2)29(22-28-17-18-32(47-13)34(23-28)48-21-15-20-46-12)24-31-33(49-39(8,9)42(31)37(45)50-38(5,6)7)25-30(27(3)4)36(44)40-19-14-16-35(43)41(10)11/h17-18,23,26-27,29-31,33H,14-16,19-22,24-25H2,1-13H3,(H,40,44)/t29-,30-,31-,33-/m0/s1. The summed E-state index contributed by atoms with van der Waals surface area (Å²) in [6, 6.07) is 5.73. The van der Waals surface area contributed by atoms with Gasteiger partial charge in [0.1, 0.15) is 11.3 Å². The summed E-state index contributed by atoms with van der Waals surface area (Å²) in [6.07, 6.45) is 2.73. The third kappa shape index (κ3) is 13.2. The van der Waals surface area contributed by atoms with E-state index in [-0.39, 0.29) is 41.5 Å². The van der Waals surface area contributed by atoms with Gasteiger partial charge in [-0.1, -0.05) is 33.8 Å². The molecule has 1 aliphatic rings. The number of hydrogen-bond acceptors (Lipinski definition) is 8. The minimum atomic E-state index is -0.951. The molecule has 0 aliphatic carbocycles. The quantitative estimate of drug-likeness (QED) is 0.158. The normalized spacial score (nSPS) is 18.6. The lowest BCUT2D eigenvalue weighted by molar-refractivity contribution is -0.130. The molecule has 1 saturated heterocycles. The molecule has 0 radical (unpaired) electrons. The Labute approximate surface area is 302 Å². The molecule has 0 unspecified atom stereocenters. The van der Waals surface area contributed by atoms with Crippen molar-refractivity contribution in [3.8, 4) is 11.5 Å². The van der Waals surface area contributed by atoms with Gasteiger partial charge in [0.15, 0.2) is 11.5 Å². The monoisotopic (exact) mass is 705 g/mol. The van der Waals surface area contributed by atoms with Crippen molar-refractivity contribution in [2.45, 2.75) is 124 Å². The minimum Gasteiger partial charge on any atom is -0.493 e. The Hall–Kier alpha value is -3.05. The Kier molecular flexibility index (Phi) is 16.8. The maximum atomic E-state index is 13.9. The molecule has 0 saturated carbocycles. The SMILES string of the molecule is COCCCOc1cc(C[C@@H](C[C@H]2[C@H](C[C@H](C(=O)NCCCC(=O)N(C)C)C(C)C)OC(C)(C)N2C(=O)OC(C)(C)C)C(C)C)ccc1OC. The fourth-order valence-corrected chi connectivity index (χ4v) is 6.49. The predicted octanol–water partition coefficient (Wildman–Crippen LogP) is 6.70. The fourth-order valence-electron chi connectivity index (χ4n) is 6.49. The molecule has 1 heterocycles. The molecule has 3 amide bonds. The summed E-state index contributed by atoms with van der Waals surface area (Å²) in [5, 5.41) is 3.06. The highest BCUT2D eigenvalue weighted by atomic mass is 16.6. The molecular weight excluding hydrogens is 638 g/mol. The summed E-state index contributed by atoms with van der Waals surface area (Å²) in [4.78, 5) is 42.9. The molecule has 1 aliphatic heterocycles. The molecular formula is C39H67N3O8. The molecule has 1 fully saturated rings. The van der Waals surface area contributed by atoms with Gasteiger partial charge < -0.3 is 33.9 Å². The Morgan fingerprint density at radius 2 is 1.66 bits per heavy atom. The maximum Gasteiger partial charge on any atom is 0.412 e. The zero-order valence-corrected chi connectivity index (χ0v) is 33.2. The van der Waals surface area contributed by atoms with Gasteiger partial charge in [-0.2, -0.15) is 0 Å². The van der Waals surface area contributed by atoms with E-state index in [1.54, 1.807) is 38.1 Å². The number of methoxy groups -OCH3 is 2. The number of nitrogens with one attached hydrogen (secondary N) is 1.